The molecule has 0 aromatic carbocycles. The van der Waals surface area contributed by atoms with Crippen LogP contribution in [0.3, 0.4) is 0 Å². The van der Waals surface area contributed by atoms with Gasteiger partial charge in [0.25, 0.3) is 0 Å². The van der Waals surface area contributed by atoms with E-state index in [1.54, 1.807) is 6.92 Å². The third kappa shape index (κ3) is 5.57. The maximum absolute atomic E-state index is 11.7. The summed E-state index contributed by atoms with van der Waals surface area (Å²) in [7, 11) is 0. The molecule has 0 aliphatic rings. The molecule has 9 nitrogen and oxygen atoms in total. The van der Waals surface area contributed by atoms with Crippen LogP contribution >= 0.6 is 11.3 Å². The van der Waals surface area contributed by atoms with Gasteiger partial charge in [-0.2, -0.15) is 5.48 Å². The normalized spacial score (nSPS) is 10.7. The average molecular weight is 315 g/mol. The molecule has 0 radical (unpaired) electrons. The number of thiazole rings is 1. The van der Waals surface area contributed by atoms with Gasteiger partial charge in [0.05, 0.1) is 6.61 Å². The fourth-order valence-electron chi connectivity index (χ4n) is 1.04. The second-order valence-electron chi connectivity index (χ2n) is 3.48. The van der Waals surface area contributed by atoms with Gasteiger partial charge in [-0.3, -0.25) is 4.79 Å². The zero-order valence-corrected chi connectivity index (χ0v) is 12.4. The fraction of sp³-hybridized carbons (Fsp3) is 0.364. The Morgan fingerprint density at radius 3 is 2.62 bits per heavy atom. The van der Waals surface area contributed by atoms with E-state index in [2.05, 4.69) is 25.3 Å². The van der Waals surface area contributed by atoms with Crippen molar-refractivity contribution in [2.75, 3.05) is 12.1 Å². The van der Waals surface area contributed by atoms with Crippen LogP contribution in [0.2, 0.25) is 0 Å². The van der Waals surface area contributed by atoms with Crippen LogP contribution in [-0.2, 0) is 28.8 Å². The summed E-state index contributed by atoms with van der Waals surface area (Å²) in [5.74, 6) is -2.03. The Morgan fingerprint density at radius 1 is 1.33 bits per heavy atom. The molecule has 0 atom stereocenters. The predicted molar refractivity (Wildman–Crippen MR) is 72.4 cm³/mol. The summed E-state index contributed by atoms with van der Waals surface area (Å²) in [6.07, 6.45) is 0. The van der Waals surface area contributed by atoms with Gasteiger partial charge in [-0.25, -0.2) is 14.6 Å². The number of anilines is 1. The van der Waals surface area contributed by atoms with Crippen molar-refractivity contribution in [3.63, 3.8) is 0 Å². The van der Waals surface area contributed by atoms with E-state index in [-0.39, 0.29) is 23.1 Å². The van der Waals surface area contributed by atoms with Crippen LogP contribution in [0.4, 0.5) is 5.13 Å². The molecule has 1 N–H and O–H groups in total. The Hall–Kier alpha value is -2.49. The lowest BCUT2D eigenvalue weighted by atomic mass is 10.3. The molecule has 0 bridgehead atoms. The van der Waals surface area contributed by atoms with E-state index in [0.717, 1.165) is 18.3 Å². The Kier molecular flexibility index (Phi) is 6.27. The molecule has 1 rings (SSSR count). The Balaban J connectivity index is 2.92. The zero-order chi connectivity index (χ0) is 15.8. The second kappa shape index (κ2) is 7.94. The van der Waals surface area contributed by atoms with Gasteiger partial charge in [-0.15, -0.1) is 11.3 Å². The highest BCUT2D eigenvalue weighted by atomic mass is 32.1. The van der Waals surface area contributed by atoms with E-state index in [4.69, 9.17) is 4.74 Å². The summed E-state index contributed by atoms with van der Waals surface area (Å²) in [6, 6.07) is 0. The van der Waals surface area contributed by atoms with Crippen molar-refractivity contribution < 1.29 is 28.8 Å². The first-order valence-corrected chi connectivity index (χ1v) is 6.64. The first-order valence-electron chi connectivity index (χ1n) is 5.76. The van der Waals surface area contributed by atoms with Crippen molar-refractivity contribution in [2.45, 2.75) is 20.8 Å². The first kappa shape index (κ1) is 16.6. The van der Waals surface area contributed by atoms with Crippen molar-refractivity contribution in [2.24, 2.45) is 5.16 Å². The number of rotatable bonds is 6. The number of carbonyl (C=O) groups excluding carboxylic acids is 3. The number of aromatic nitrogens is 1. The van der Waals surface area contributed by atoms with Gasteiger partial charge in [0.15, 0.2) is 0 Å². The number of hydrogen-bond acceptors (Lipinski definition) is 10. The summed E-state index contributed by atoms with van der Waals surface area (Å²) in [5, 5.41) is 5.11. The largest absolute Gasteiger partial charge is 0.461 e. The summed E-state index contributed by atoms with van der Waals surface area (Å²) < 4.78 is 4.80. The number of carbonyl (C=O) groups is 3. The number of nitrogens with zero attached hydrogens (tertiary/aromatic N) is 2. The lowest BCUT2D eigenvalue weighted by Crippen LogP contribution is -2.20. The summed E-state index contributed by atoms with van der Waals surface area (Å²) in [5.41, 5.74) is 2.15. The maximum Gasteiger partial charge on any atom is 0.362 e. The molecular formula is C11H13N3O6S. The molecule has 1 aromatic heterocycles. The maximum atomic E-state index is 11.7. The first-order chi connectivity index (χ1) is 9.93. The summed E-state index contributed by atoms with van der Waals surface area (Å²) in [6.45, 7) is 4.10. The highest BCUT2D eigenvalue weighted by Crippen LogP contribution is 2.17. The molecule has 1 heterocycles. The van der Waals surface area contributed by atoms with E-state index >= 15 is 0 Å². The molecule has 0 aliphatic carbocycles. The van der Waals surface area contributed by atoms with Crippen LogP contribution in [0, 0.1) is 0 Å². The lowest BCUT2D eigenvalue weighted by Gasteiger charge is -2.02. The quantitative estimate of drug-likeness (QED) is 0.355. The molecule has 0 fully saturated rings. The average Bonchev–Trinajstić information content (AvgIpc) is 2.85. The van der Waals surface area contributed by atoms with Crippen molar-refractivity contribution >= 4 is 40.1 Å². The highest BCUT2D eigenvalue weighted by Gasteiger charge is 2.20. The minimum Gasteiger partial charge on any atom is -0.461 e. The lowest BCUT2D eigenvalue weighted by molar-refractivity contribution is -0.141. The number of oxime groups is 1. The van der Waals surface area contributed by atoms with E-state index in [0.29, 0.717) is 0 Å². The van der Waals surface area contributed by atoms with E-state index in [1.807, 2.05) is 0 Å². The molecule has 114 valence electrons. The predicted octanol–water partition coefficient (Wildman–Crippen LogP) is 0.863. The Morgan fingerprint density at radius 2 is 2.05 bits per heavy atom. The highest BCUT2D eigenvalue weighted by molar-refractivity contribution is 7.14. The number of nitrogens with one attached hydrogen (secondary N) is 1. The van der Waals surface area contributed by atoms with Crippen molar-refractivity contribution in [3.05, 3.63) is 11.1 Å². The molecule has 0 unspecified atom stereocenters. The number of hydrogen-bond donors (Lipinski definition) is 1. The standard InChI is InChI=1S/C11H13N3O6S/c1-4-18-10(17)9(13-19-6(2)15)8-5-21-11(12-8)14-20-7(3)16/h5H,4H2,1-3H3,(H,12,14)/b13-9-. The fourth-order valence-corrected chi connectivity index (χ4v) is 1.67. The van der Waals surface area contributed by atoms with Crippen LogP contribution in [0.5, 0.6) is 0 Å². The molecule has 0 spiro atoms. The number of esters is 1. The second-order valence-corrected chi connectivity index (χ2v) is 4.33. The van der Waals surface area contributed by atoms with Crippen LogP contribution in [-0.4, -0.2) is 35.2 Å². The smallest absolute Gasteiger partial charge is 0.362 e. The topological polar surface area (TPSA) is 116 Å². The third-order valence-corrected chi connectivity index (χ3v) is 2.50. The van der Waals surface area contributed by atoms with Gasteiger partial charge in [-0.1, -0.05) is 5.16 Å². The molecule has 0 saturated carbocycles. The molecule has 0 aliphatic heterocycles. The molecule has 0 amide bonds. The van der Waals surface area contributed by atoms with Gasteiger partial charge >= 0.3 is 17.9 Å². The van der Waals surface area contributed by atoms with Crippen LogP contribution in [0.15, 0.2) is 10.5 Å². The monoisotopic (exact) mass is 315 g/mol. The van der Waals surface area contributed by atoms with E-state index in [9.17, 15) is 14.4 Å². The van der Waals surface area contributed by atoms with E-state index in [1.165, 1.54) is 12.3 Å². The minimum atomic E-state index is -0.789. The van der Waals surface area contributed by atoms with Crippen LogP contribution < -0.4 is 5.48 Å². The molecule has 21 heavy (non-hydrogen) atoms. The SMILES string of the molecule is CCOC(=O)/C(=N\OC(C)=O)c1csc(NOC(C)=O)n1. The van der Waals surface area contributed by atoms with Gasteiger partial charge in [-0.05, 0) is 6.92 Å². The van der Waals surface area contributed by atoms with Crippen molar-refractivity contribution in [1.82, 2.24) is 4.98 Å². The van der Waals surface area contributed by atoms with E-state index < -0.39 is 17.9 Å². The zero-order valence-electron chi connectivity index (χ0n) is 11.5. The summed E-state index contributed by atoms with van der Waals surface area (Å²) in [4.78, 5) is 46.1. The summed E-state index contributed by atoms with van der Waals surface area (Å²) >= 11 is 1.06. The molecule has 0 saturated heterocycles. The van der Waals surface area contributed by atoms with Crippen molar-refractivity contribution in [1.29, 1.82) is 0 Å². The molecule has 1 aromatic rings. The Bertz CT molecular complexity index is 568. The third-order valence-electron chi connectivity index (χ3n) is 1.76. The van der Waals surface area contributed by atoms with Gasteiger partial charge < -0.3 is 14.4 Å². The molecule has 10 heteroatoms. The Labute approximate surface area is 123 Å². The van der Waals surface area contributed by atoms with Gasteiger partial charge in [0.2, 0.25) is 10.8 Å². The number of ether oxygens (including phenoxy) is 1. The van der Waals surface area contributed by atoms with Crippen LogP contribution in [0.25, 0.3) is 0 Å². The minimum absolute atomic E-state index is 0.120. The van der Waals surface area contributed by atoms with Gasteiger partial charge in [0, 0.05) is 19.2 Å². The van der Waals surface area contributed by atoms with Crippen LogP contribution in [0.1, 0.15) is 26.5 Å². The van der Waals surface area contributed by atoms with Gasteiger partial charge in [0.1, 0.15) is 5.69 Å². The molecular weight excluding hydrogens is 302 g/mol. The van der Waals surface area contributed by atoms with Crippen molar-refractivity contribution in [3.8, 4) is 0 Å².